The summed E-state index contributed by atoms with van der Waals surface area (Å²) in [7, 11) is 0. The Bertz CT molecular complexity index is 164. The van der Waals surface area contributed by atoms with Crippen LogP contribution in [0.2, 0.25) is 0 Å². The molecule has 0 atom stereocenters. The molecule has 0 aromatic carbocycles. The van der Waals surface area contributed by atoms with Gasteiger partial charge in [-0.05, 0) is 0 Å². The van der Waals surface area contributed by atoms with Gasteiger partial charge in [0.05, 0.1) is 0 Å². The van der Waals surface area contributed by atoms with E-state index >= 15 is 0 Å². The Balaban J connectivity index is 3.69. The minimum atomic E-state index is -3.36. The van der Waals surface area contributed by atoms with Crippen LogP contribution in [0.4, 0.5) is 17.6 Å². The van der Waals surface area contributed by atoms with Gasteiger partial charge < -0.3 is 0 Å². The van der Waals surface area contributed by atoms with E-state index in [1.54, 1.807) is 0 Å². The molecule has 0 aromatic rings. The highest BCUT2D eigenvalue weighted by atomic mass is 19.3. The monoisotopic (exact) mass is 188 g/mol. The van der Waals surface area contributed by atoms with Crippen LogP contribution in [0.15, 0.2) is 0 Å². The number of hydrazine groups is 1. The van der Waals surface area contributed by atoms with Crippen LogP contribution in [-0.4, -0.2) is 24.7 Å². The zero-order valence-corrected chi connectivity index (χ0v) is 5.48. The summed E-state index contributed by atoms with van der Waals surface area (Å²) in [6, 6.07) is 0. The summed E-state index contributed by atoms with van der Waals surface area (Å²) in [5.41, 5.74) is 2.19. The largest absolute Gasteiger partial charge is 0.317 e. The van der Waals surface area contributed by atoms with E-state index in [0.29, 0.717) is 0 Å². The Morgan fingerprint density at radius 2 is 1.08 bits per heavy atom. The molecule has 8 heteroatoms. The highest BCUT2D eigenvalue weighted by Crippen LogP contribution is 1.91. The minimum Gasteiger partial charge on any atom is -0.267 e. The van der Waals surface area contributed by atoms with E-state index in [1.807, 2.05) is 0 Å². The maximum atomic E-state index is 11.3. The molecule has 70 valence electrons. The molecule has 0 aliphatic heterocycles. The molecule has 0 saturated carbocycles. The number of carbonyl (C=O) groups is 2. The lowest BCUT2D eigenvalue weighted by Gasteiger charge is -2.04. The summed E-state index contributed by atoms with van der Waals surface area (Å²) in [4.78, 5) is 19.9. The molecule has 0 heterocycles. The molecule has 0 unspecified atom stereocenters. The van der Waals surface area contributed by atoms with Crippen molar-refractivity contribution in [2.24, 2.45) is 0 Å². The number of rotatable bonds is 2. The van der Waals surface area contributed by atoms with E-state index in [0.717, 1.165) is 10.9 Å². The summed E-state index contributed by atoms with van der Waals surface area (Å²) in [5, 5.41) is 0. The van der Waals surface area contributed by atoms with Gasteiger partial charge in [-0.3, -0.25) is 20.4 Å². The second kappa shape index (κ2) is 4.52. The standard InChI is InChI=1S/C4H4F4N2O2/c5-1(6)3(11)9-10-4(12)2(7)8/h1-2H,(H,9,11)(H,10,12). The molecule has 0 aliphatic rings. The fourth-order valence-electron chi connectivity index (χ4n) is 0.232. The molecule has 0 aromatic heterocycles. The molecule has 0 fully saturated rings. The third-order valence-electron chi connectivity index (χ3n) is 0.705. The van der Waals surface area contributed by atoms with Gasteiger partial charge in [0.15, 0.2) is 0 Å². The first kappa shape index (κ1) is 10.7. The molecule has 0 saturated heterocycles. The van der Waals surface area contributed by atoms with Crippen LogP contribution in [0, 0.1) is 0 Å². The van der Waals surface area contributed by atoms with Crippen molar-refractivity contribution in [3.63, 3.8) is 0 Å². The Kier molecular flexibility index (Phi) is 4.02. The van der Waals surface area contributed by atoms with Crippen molar-refractivity contribution in [2.45, 2.75) is 12.9 Å². The lowest BCUT2D eigenvalue weighted by Crippen LogP contribution is -2.46. The van der Waals surface area contributed by atoms with Crippen molar-refractivity contribution in [1.82, 2.24) is 10.9 Å². The summed E-state index contributed by atoms with van der Waals surface area (Å²) in [6.07, 6.45) is -6.72. The maximum Gasteiger partial charge on any atom is 0.317 e. The van der Waals surface area contributed by atoms with Crippen molar-refractivity contribution in [1.29, 1.82) is 0 Å². The van der Waals surface area contributed by atoms with E-state index in [4.69, 9.17) is 0 Å². The van der Waals surface area contributed by atoms with Crippen LogP contribution in [-0.2, 0) is 9.59 Å². The molecular formula is C4H4F4N2O2. The normalized spacial score (nSPS) is 10.2. The molecule has 12 heavy (non-hydrogen) atoms. The smallest absolute Gasteiger partial charge is 0.267 e. The lowest BCUT2D eigenvalue weighted by molar-refractivity contribution is -0.140. The zero-order valence-electron chi connectivity index (χ0n) is 5.48. The van der Waals surface area contributed by atoms with Crippen LogP contribution < -0.4 is 10.9 Å². The maximum absolute atomic E-state index is 11.3. The van der Waals surface area contributed by atoms with Crippen LogP contribution in [0.1, 0.15) is 0 Å². The second-order valence-corrected chi connectivity index (χ2v) is 1.58. The van der Waals surface area contributed by atoms with Crippen LogP contribution in [0.3, 0.4) is 0 Å². The number of nitrogens with one attached hydrogen (secondary N) is 2. The molecule has 0 aliphatic carbocycles. The average molecular weight is 188 g/mol. The second-order valence-electron chi connectivity index (χ2n) is 1.58. The van der Waals surface area contributed by atoms with Gasteiger partial charge in [-0.15, -0.1) is 0 Å². The van der Waals surface area contributed by atoms with Crippen molar-refractivity contribution in [3.05, 3.63) is 0 Å². The Morgan fingerprint density at radius 1 is 0.833 bits per heavy atom. The first-order valence-corrected chi connectivity index (χ1v) is 2.61. The van der Waals surface area contributed by atoms with Gasteiger partial charge in [-0.25, -0.2) is 0 Å². The number of hydrogen-bond acceptors (Lipinski definition) is 2. The van der Waals surface area contributed by atoms with Crippen molar-refractivity contribution in [3.8, 4) is 0 Å². The highest BCUT2D eigenvalue weighted by Gasteiger charge is 2.19. The number of carbonyl (C=O) groups excluding carboxylic acids is 2. The molecular weight excluding hydrogens is 184 g/mol. The molecule has 0 bridgehead atoms. The minimum absolute atomic E-state index is 1.09. The highest BCUT2D eigenvalue weighted by molar-refractivity contribution is 5.84. The Labute approximate surface area is 63.9 Å². The molecule has 0 rings (SSSR count). The summed E-state index contributed by atoms with van der Waals surface area (Å²) in [6.45, 7) is 0. The van der Waals surface area contributed by atoms with Crippen molar-refractivity contribution >= 4 is 11.8 Å². The van der Waals surface area contributed by atoms with Gasteiger partial charge in [0.1, 0.15) is 0 Å². The van der Waals surface area contributed by atoms with Gasteiger partial charge >= 0.3 is 24.7 Å². The van der Waals surface area contributed by atoms with E-state index in [1.165, 1.54) is 0 Å². The fraction of sp³-hybridized carbons (Fsp3) is 0.500. The average Bonchev–Trinajstić information content (AvgIpc) is 1.98. The van der Waals surface area contributed by atoms with Crippen LogP contribution >= 0.6 is 0 Å². The van der Waals surface area contributed by atoms with Gasteiger partial charge in [-0.2, -0.15) is 17.6 Å². The lowest BCUT2D eigenvalue weighted by atomic mass is 10.6. The van der Waals surface area contributed by atoms with Crippen molar-refractivity contribution < 1.29 is 27.2 Å². The number of halogens is 4. The zero-order chi connectivity index (χ0) is 9.72. The van der Waals surface area contributed by atoms with E-state index in [9.17, 15) is 27.2 Å². The van der Waals surface area contributed by atoms with E-state index in [-0.39, 0.29) is 0 Å². The van der Waals surface area contributed by atoms with Gasteiger partial charge in [0.2, 0.25) is 0 Å². The SMILES string of the molecule is O=C(NNC(=O)C(F)F)C(F)F. The Morgan fingerprint density at radius 3 is 1.25 bits per heavy atom. The molecule has 0 spiro atoms. The van der Waals surface area contributed by atoms with Crippen LogP contribution in [0.5, 0.6) is 0 Å². The third-order valence-corrected chi connectivity index (χ3v) is 0.705. The first-order valence-electron chi connectivity index (χ1n) is 2.61. The molecule has 2 N–H and O–H groups in total. The first-order chi connectivity index (χ1) is 5.45. The number of amides is 2. The molecule has 0 radical (unpaired) electrons. The topological polar surface area (TPSA) is 58.2 Å². The number of hydrogen-bond donors (Lipinski definition) is 2. The predicted molar refractivity (Wildman–Crippen MR) is 28.3 cm³/mol. The predicted octanol–water partition coefficient (Wildman–Crippen LogP) is -0.336. The summed E-state index contributed by atoms with van der Waals surface area (Å²) in [5.74, 6) is -3.69. The van der Waals surface area contributed by atoms with Gasteiger partial charge in [-0.1, -0.05) is 0 Å². The third kappa shape index (κ3) is 3.74. The summed E-state index contributed by atoms with van der Waals surface area (Å²) >= 11 is 0. The fourth-order valence-corrected chi connectivity index (χ4v) is 0.232. The van der Waals surface area contributed by atoms with E-state index in [2.05, 4.69) is 0 Å². The Hall–Kier alpha value is -1.34. The number of alkyl halides is 4. The van der Waals surface area contributed by atoms with Crippen LogP contribution in [0.25, 0.3) is 0 Å². The van der Waals surface area contributed by atoms with Gasteiger partial charge in [0, 0.05) is 0 Å². The summed E-state index contributed by atoms with van der Waals surface area (Å²) < 4.78 is 45.3. The van der Waals surface area contributed by atoms with E-state index < -0.39 is 24.7 Å². The quantitative estimate of drug-likeness (QED) is 0.460. The molecule has 4 nitrogen and oxygen atoms in total. The molecule has 2 amide bonds. The van der Waals surface area contributed by atoms with Crippen molar-refractivity contribution in [2.75, 3.05) is 0 Å². The van der Waals surface area contributed by atoms with Gasteiger partial charge in [0.25, 0.3) is 0 Å².